The number of ether oxygens (including phenoxy) is 2. The monoisotopic (exact) mass is 356 g/mol. The van der Waals surface area contributed by atoms with E-state index in [2.05, 4.69) is 4.99 Å². The minimum Gasteiger partial charge on any atom is -0.496 e. The third-order valence-corrected chi connectivity index (χ3v) is 3.96. The summed E-state index contributed by atoms with van der Waals surface area (Å²) in [5.74, 6) is 0.210. The average Bonchev–Trinajstić information content (AvgIpc) is 2.96. The van der Waals surface area contributed by atoms with Crippen LogP contribution in [0.2, 0.25) is 5.02 Å². The second-order valence-electron chi connectivity index (χ2n) is 5.67. The summed E-state index contributed by atoms with van der Waals surface area (Å²) < 4.78 is 10.6. The SMILES string of the molecule is COc1ccc(Cl)cc1C1=N/C(=C\c2ccc(N(C)C)cc2)C(=O)O1. The Kier molecular flexibility index (Phi) is 4.76. The third kappa shape index (κ3) is 3.67. The van der Waals surface area contributed by atoms with E-state index in [1.165, 1.54) is 7.11 Å². The van der Waals surface area contributed by atoms with Gasteiger partial charge in [-0.2, -0.15) is 0 Å². The van der Waals surface area contributed by atoms with Gasteiger partial charge in [0.1, 0.15) is 5.75 Å². The van der Waals surface area contributed by atoms with Crippen molar-refractivity contribution in [1.29, 1.82) is 0 Å². The third-order valence-electron chi connectivity index (χ3n) is 3.73. The summed E-state index contributed by atoms with van der Waals surface area (Å²) in [6, 6.07) is 12.8. The number of halogens is 1. The zero-order chi connectivity index (χ0) is 18.0. The number of esters is 1. The van der Waals surface area contributed by atoms with E-state index in [-0.39, 0.29) is 11.6 Å². The van der Waals surface area contributed by atoms with Gasteiger partial charge in [-0.1, -0.05) is 23.7 Å². The van der Waals surface area contributed by atoms with Crippen LogP contribution in [0.1, 0.15) is 11.1 Å². The van der Waals surface area contributed by atoms with E-state index in [9.17, 15) is 4.79 Å². The van der Waals surface area contributed by atoms with Crippen LogP contribution >= 0.6 is 11.6 Å². The zero-order valence-electron chi connectivity index (χ0n) is 14.1. The fourth-order valence-corrected chi connectivity index (χ4v) is 2.57. The number of rotatable bonds is 4. The van der Waals surface area contributed by atoms with Crippen molar-refractivity contribution in [2.45, 2.75) is 0 Å². The van der Waals surface area contributed by atoms with Crippen LogP contribution in [-0.2, 0) is 9.53 Å². The van der Waals surface area contributed by atoms with Gasteiger partial charge in [0, 0.05) is 24.8 Å². The summed E-state index contributed by atoms with van der Waals surface area (Å²) in [6.07, 6.45) is 1.69. The van der Waals surface area contributed by atoms with Crippen LogP contribution in [0.25, 0.3) is 6.08 Å². The van der Waals surface area contributed by atoms with Crippen molar-refractivity contribution in [3.63, 3.8) is 0 Å². The highest BCUT2D eigenvalue weighted by molar-refractivity contribution is 6.31. The lowest BCUT2D eigenvalue weighted by molar-refractivity contribution is -0.129. The first kappa shape index (κ1) is 17.0. The lowest BCUT2D eigenvalue weighted by atomic mass is 10.1. The molecule has 3 rings (SSSR count). The number of anilines is 1. The van der Waals surface area contributed by atoms with Gasteiger partial charge in [-0.3, -0.25) is 0 Å². The number of cyclic esters (lactones) is 1. The predicted molar refractivity (Wildman–Crippen MR) is 99.4 cm³/mol. The van der Waals surface area contributed by atoms with E-state index >= 15 is 0 Å². The summed E-state index contributed by atoms with van der Waals surface area (Å²) in [6.45, 7) is 0. The fraction of sp³-hybridized carbons (Fsp3) is 0.158. The molecule has 1 heterocycles. The number of hydrogen-bond donors (Lipinski definition) is 0. The molecule has 0 radical (unpaired) electrons. The minimum absolute atomic E-state index is 0.181. The molecule has 0 aromatic heterocycles. The van der Waals surface area contributed by atoms with Crippen molar-refractivity contribution < 1.29 is 14.3 Å². The molecule has 0 saturated heterocycles. The molecule has 25 heavy (non-hydrogen) atoms. The van der Waals surface area contributed by atoms with Crippen LogP contribution in [0.4, 0.5) is 5.69 Å². The van der Waals surface area contributed by atoms with Crippen molar-refractivity contribution in [2.75, 3.05) is 26.1 Å². The van der Waals surface area contributed by atoms with Crippen molar-refractivity contribution in [3.05, 3.63) is 64.3 Å². The van der Waals surface area contributed by atoms with Crippen molar-refractivity contribution >= 4 is 35.2 Å². The van der Waals surface area contributed by atoms with Gasteiger partial charge < -0.3 is 14.4 Å². The van der Waals surface area contributed by atoms with Gasteiger partial charge in [0.15, 0.2) is 5.70 Å². The summed E-state index contributed by atoms with van der Waals surface area (Å²) in [5, 5.41) is 0.506. The zero-order valence-corrected chi connectivity index (χ0v) is 14.9. The normalized spacial score (nSPS) is 15.1. The summed E-state index contributed by atoms with van der Waals surface area (Å²) in [4.78, 5) is 18.4. The molecule has 0 bridgehead atoms. The van der Waals surface area contributed by atoms with Crippen molar-refractivity contribution in [3.8, 4) is 5.75 Å². The summed E-state index contributed by atoms with van der Waals surface area (Å²) >= 11 is 6.03. The van der Waals surface area contributed by atoms with Crippen LogP contribution < -0.4 is 9.64 Å². The number of carbonyl (C=O) groups is 1. The largest absolute Gasteiger partial charge is 0.496 e. The molecule has 6 heteroatoms. The molecule has 0 saturated carbocycles. The van der Waals surface area contributed by atoms with E-state index in [0.717, 1.165) is 11.3 Å². The molecular formula is C19H17ClN2O3. The van der Waals surface area contributed by atoms with Gasteiger partial charge in [0.05, 0.1) is 12.7 Å². The van der Waals surface area contributed by atoms with Crippen molar-refractivity contribution in [1.82, 2.24) is 0 Å². The van der Waals surface area contributed by atoms with Crippen LogP contribution in [0.3, 0.4) is 0 Å². The lowest BCUT2D eigenvalue weighted by Crippen LogP contribution is -2.08. The van der Waals surface area contributed by atoms with Gasteiger partial charge in [-0.05, 0) is 42.0 Å². The molecule has 1 aliphatic heterocycles. The lowest BCUT2D eigenvalue weighted by Gasteiger charge is -2.11. The summed E-state index contributed by atoms with van der Waals surface area (Å²) in [7, 11) is 5.47. The Balaban J connectivity index is 1.94. The summed E-state index contributed by atoms with van der Waals surface area (Å²) in [5.41, 5.74) is 2.70. The topological polar surface area (TPSA) is 51.1 Å². The van der Waals surface area contributed by atoms with Crippen LogP contribution in [0.5, 0.6) is 5.75 Å². The molecule has 0 N–H and O–H groups in total. The number of methoxy groups -OCH3 is 1. The van der Waals surface area contributed by atoms with Crippen molar-refractivity contribution in [2.24, 2.45) is 4.99 Å². The number of hydrogen-bond acceptors (Lipinski definition) is 5. The molecule has 0 fully saturated rings. The van der Waals surface area contributed by atoms with E-state index in [4.69, 9.17) is 21.1 Å². The van der Waals surface area contributed by atoms with E-state index in [1.807, 2.05) is 43.3 Å². The van der Waals surface area contributed by atoms with E-state index < -0.39 is 5.97 Å². The van der Waals surface area contributed by atoms with Crippen LogP contribution in [0, 0.1) is 0 Å². The Morgan fingerprint density at radius 1 is 1.16 bits per heavy atom. The predicted octanol–water partition coefficient (Wildman–Crippen LogP) is 3.76. The molecular weight excluding hydrogens is 340 g/mol. The highest BCUT2D eigenvalue weighted by Gasteiger charge is 2.26. The first-order valence-corrected chi connectivity index (χ1v) is 7.99. The Morgan fingerprint density at radius 2 is 1.88 bits per heavy atom. The van der Waals surface area contributed by atoms with Gasteiger partial charge in [0.2, 0.25) is 5.90 Å². The molecule has 0 unspecified atom stereocenters. The Hall–Kier alpha value is -2.79. The molecule has 2 aromatic carbocycles. The number of benzene rings is 2. The molecule has 5 nitrogen and oxygen atoms in total. The highest BCUT2D eigenvalue weighted by atomic mass is 35.5. The average molecular weight is 357 g/mol. The molecule has 0 amide bonds. The second kappa shape index (κ2) is 6.99. The number of aliphatic imine (C=N–C) groups is 1. The Morgan fingerprint density at radius 3 is 2.52 bits per heavy atom. The first-order chi connectivity index (χ1) is 12.0. The fourth-order valence-electron chi connectivity index (χ4n) is 2.40. The Labute approximate surface area is 151 Å². The van der Waals surface area contributed by atoms with E-state index in [0.29, 0.717) is 16.3 Å². The molecule has 128 valence electrons. The maximum atomic E-state index is 12.1. The molecule has 1 aliphatic rings. The molecule has 0 aliphatic carbocycles. The second-order valence-corrected chi connectivity index (χ2v) is 6.10. The molecule has 2 aromatic rings. The first-order valence-electron chi connectivity index (χ1n) is 7.62. The van der Waals surface area contributed by atoms with Crippen LogP contribution in [-0.4, -0.2) is 33.1 Å². The quantitative estimate of drug-likeness (QED) is 0.618. The van der Waals surface area contributed by atoms with Gasteiger partial charge in [-0.25, -0.2) is 9.79 Å². The van der Waals surface area contributed by atoms with Crippen LogP contribution in [0.15, 0.2) is 53.2 Å². The smallest absolute Gasteiger partial charge is 0.363 e. The number of carbonyl (C=O) groups excluding carboxylic acids is 1. The molecule has 0 spiro atoms. The van der Waals surface area contributed by atoms with E-state index in [1.54, 1.807) is 24.3 Å². The van der Waals surface area contributed by atoms with Gasteiger partial charge in [0.25, 0.3) is 0 Å². The molecule has 0 atom stereocenters. The van der Waals surface area contributed by atoms with Gasteiger partial charge in [-0.15, -0.1) is 0 Å². The Bertz CT molecular complexity index is 871. The number of nitrogens with zero attached hydrogens (tertiary/aromatic N) is 2. The standard InChI is InChI=1S/C19H17ClN2O3/c1-22(2)14-7-4-12(5-8-14)10-16-19(23)25-18(21-16)15-11-13(20)6-9-17(15)24-3/h4-11H,1-3H3/b16-10-. The maximum Gasteiger partial charge on any atom is 0.363 e. The maximum absolute atomic E-state index is 12.1. The van der Waals surface area contributed by atoms with Gasteiger partial charge >= 0.3 is 5.97 Å². The highest BCUT2D eigenvalue weighted by Crippen LogP contribution is 2.28. The minimum atomic E-state index is -0.506.